The van der Waals surface area contributed by atoms with E-state index < -0.39 is 10.8 Å². The number of rotatable bonds is 5. The van der Waals surface area contributed by atoms with Crippen LogP contribution < -0.4 is 5.32 Å². The minimum Gasteiger partial charge on any atom is -0.361 e. The number of hydrogen-bond acceptors (Lipinski definition) is 4. The lowest BCUT2D eigenvalue weighted by molar-refractivity contribution is 0.629. The van der Waals surface area contributed by atoms with Gasteiger partial charge in [-0.1, -0.05) is 18.3 Å². The second-order valence-electron chi connectivity index (χ2n) is 3.49. The summed E-state index contributed by atoms with van der Waals surface area (Å²) < 4.78 is 25.1. The second-order valence-corrected chi connectivity index (χ2v) is 6.39. The topological polar surface area (TPSA) is 42.0 Å². The van der Waals surface area contributed by atoms with Crippen LogP contribution in [0.3, 0.4) is 0 Å². The van der Waals surface area contributed by atoms with Crippen molar-refractivity contribution in [3.8, 4) is 0 Å². The summed E-state index contributed by atoms with van der Waals surface area (Å²) in [6, 6.07) is 4.56. The number of hydrogen-bond donors (Lipinski definition) is 1. The number of thiazole rings is 1. The van der Waals surface area contributed by atoms with Gasteiger partial charge >= 0.3 is 0 Å². The molecule has 0 aliphatic heterocycles. The molecule has 1 aromatic carbocycles. The van der Waals surface area contributed by atoms with E-state index in [1.807, 2.05) is 6.92 Å². The number of nitrogens with one attached hydrogen (secondary N) is 1. The predicted octanol–water partition coefficient (Wildman–Crippen LogP) is 2.62. The van der Waals surface area contributed by atoms with E-state index in [2.05, 4.69) is 10.3 Å². The molecule has 0 amide bonds. The van der Waals surface area contributed by atoms with Crippen LogP contribution in [-0.4, -0.2) is 27.2 Å². The van der Waals surface area contributed by atoms with Gasteiger partial charge in [-0.25, -0.2) is 9.37 Å². The van der Waals surface area contributed by atoms with Gasteiger partial charge in [-0.3, -0.25) is 4.21 Å². The first-order valence-electron chi connectivity index (χ1n) is 5.34. The van der Waals surface area contributed by atoms with Crippen molar-refractivity contribution in [2.45, 2.75) is 6.92 Å². The Morgan fingerprint density at radius 3 is 3.12 bits per heavy atom. The van der Waals surface area contributed by atoms with Gasteiger partial charge in [-0.05, 0) is 12.1 Å². The van der Waals surface area contributed by atoms with Crippen molar-refractivity contribution in [1.29, 1.82) is 0 Å². The van der Waals surface area contributed by atoms with Crippen LogP contribution in [0.4, 0.5) is 9.52 Å². The van der Waals surface area contributed by atoms with Crippen LogP contribution in [0.15, 0.2) is 18.2 Å². The molecule has 1 atom stereocenters. The molecule has 0 fully saturated rings. The maximum absolute atomic E-state index is 13.0. The van der Waals surface area contributed by atoms with Gasteiger partial charge in [0.1, 0.15) is 5.82 Å². The van der Waals surface area contributed by atoms with E-state index in [-0.39, 0.29) is 5.82 Å². The summed E-state index contributed by atoms with van der Waals surface area (Å²) in [5.41, 5.74) is 0.661. The zero-order valence-electron chi connectivity index (χ0n) is 9.40. The molecule has 0 aliphatic rings. The summed E-state index contributed by atoms with van der Waals surface area (Å²) in [6.45, 7) is 2.53. The monoisotopic (exact) mass is 272 g/mol. The zero-order chi connectivity index (χ0) is 12.3. The van der Waals surface area contributed by atoms with Gasteiger partial charge in [0.05, 0.1) is 10.2 Å². The first kappa shape index (κ1) is 12.4. The molecule has 1 aromatic heterocycles. The van der Waals surface area contributed by atoms with E-state index >= 15 is 0 Å². The first-order valence-corrected chi connectivity index (χ1v) is 7.64. The Morgan fingerprint density at radius 2 is 2.35 bits per heavy atom. The van der Waals surface area contributed by atoms with Crippen molar-refractivity contribution in [3.63, 3.8) is 0 Å². The molecular weight excluding hydrogens is 259 g/mol. The number of halogens is 1. The van der Waals surface area contributed by atoms with Crippen LogP contribution in [0, 0.1) is 5.82 Å². The van der Waals surface area contributed by atoms with Crippen LogP contribution in [0.25, 0.3) is 10.2 Å². The third kappa shape index (κ3) is 3.23. The molecule has 0 aliphatic carbocycles. The Balaban J connectivity index is 2.02. The standard InChI is InChI=1S/C11H13FN2OS2/c1-2-17(15)6-5-13-11-14-9-7-8(12)3-4-10(9)16-11/h3-4,7H,2,5-6H2,1H3,(H,13,14). The smallest absolute Gasteiger partial charge is 0.183 e. The van der Waals surface area contributed by atoms with Gasteiger partial charge in [0.25, 0.3) is 0 Å². The first-order chi connectivity index (χ1) is 8.19. The van der Waals surface area contributed by atoms with Crippen molar-refractivity contribution in [2.75, 3.05) is 23.4 Å². The number of fused-ring (bicyclic) bond motifs is 1. The molecule has 2 aromatic rings. The summed E-state index contributed by atoms with van der Waals surface area (Å²) in [7, 11) is -0.768. The van der Waals surface area contributed by atoms with E-state index in [0.29, 0.717) is 23.6 Å². The largest absolute Gasteiger partial charge is 0.361 e. The van der Waals surface area contributed by atoms with Gasteiger partial charge in [0, 0.05) is 34.9 Å². The molecule has 17 heavy (non-hydrogen) atoms. The summed E-state index contributed by atoms with van der Waals surface area (Å²) in [4.78, 5) is 4.26. The highest BCUT2D eigenvalue weighted by Crippen LogP contribution is 2.25. The maximum Gasteiger partial charge on any atom is 0.183 e. The van der Waals surface area contributed by atoms with Crippen LogP contribution in [0.1, 0.15) is 6.92 Å². The highest BCUT2D eigenvalue weighted by Gasteiger charge is 2.04. The average molecular weight is 272 g/mol. The lowest BCUT2D eigenvalue weighted by Crippen LogP contribution is -2.11. The van der Waals surface area contributed by atoms with Crippen molar-refractivity contribution in [3.05, 3.63) is 24.0 Å². The van der Waals surface area contributed by atoms with Gasteiger partial charge in [-0.2, -0.15) is 0 Å². The van der Waals surface area contributed by atoms with Gasteiger partial charge < -0.3 is 5.32 Å². The molecule has 0 bridgehead atoms. The van der Waals surface area contributed by atoms with Crippen molar-refractivity contribution in [1.82, 2.24) is 4.98 Å². The minimum atomic E-state index is -0.768. The molecule has 92 valence electrons. The van der Waals surface area contributed by atoms with E-state index in [9.17, 15) is 8.60 Å². The Labute approximate surface area is 106 Å². The minimum absolute atomic E-state index is 0.276. The zero-order valence-corrected chi connectivity index (χ0v) is 11.0. The molecule has 0 radical (unpaired) electrons. The lowest BCUT2D eigenvalue weighted by Gasteiger charge is -2.00. The summed E-state index contributed by atoms with van der Waals surface area (Å²) in [6.07, 6.45) is 0. The molecular formula is C11H13FN2OS2. The summed E-state index contributed by atoms with van der Waals surface area (Å²) in [5.74, 6) is 1.01. The maximum atomic E-state index is 13.0. The second kappa shape index (κ2) is 5.55. The fourth-order valence-corrected chi connectivity index (χ4v) is 2.88. The predicted molar refractivity (Wildman–Crippen MR) is 71.6 cm³/mol. The van der Waals surface area contributed by atoms with E-state index in [1.165, 1.54) is 23.5 Å². The highest BCUT2D eigenvalue weighted by atomic mass is 32.2. The number of benzene rings is 1. The molecule has 0 saturated heterocycles. The molecule has 6 heteroatoms. The van der Waals surface area contributed by atoms with E-state index in [4.69, 9.17) is 0 Å². The van der Waals surface area contributed by atoms with Crippen LogP contribution in [0.2, 0.25) is 0 Å². The lowest BCUT2D eigenvalue weighted by atomic mass is 10.3. The van der Waals surface area contributed by atoms with Crippen molar-refractivity contribution in [2.24, 2.45) is 0 Å². The SMILES string of the molecule is CCS(=O)CCNc1nc2cc(F)ccc2s1. The summed E-state index contributed by atoms with van der Waals surface area (Å²) >= 11 is 1.48. The van der Waals surface area contributed by atoms with E-state index in [0.717, 1.165) is 9.83 Å². The third-order valence-corrected chi connectivity index (χ3v) is 4.58. The highest BCUT2D eigenvalue weighted by molar-refractivity contribution is 7.84. The fraction of sp³-hybridized carbons (Fsp3) is 0.364. The molecule has 3 nitrogen and oxygen atoms in total. The van der Waals surface area contributed by atoms with Crippen molar-refractivity contribution < 1.29 is 8.60 Å². The Morgan fingerprint density at radius 1 is 1.53 bits per heavy atom. The molecule has 1 unspecified atom stereocenters. The van der Waals surface area contributed by atoms with Crippen molar-refractivity contribution >= 4 is 37.5 Å². The van der Waals surface area contributed by atoms with Gasteiger partial charge in [0.15, 0.2) is 5.13 Å². The van der Waals surface area contributed by atoms with Crippen LogP contribution in [0.5, 0.6) is 0 Å². The summed E-state index contributed by atoms with van der Waals surface area (Å²) in [5, 5.41) is 3.86. The molecule has 0 spiro atoms. The van der Waals surface area contributed by atoms with Gasteiger partial charge in [0.2, 0.25) is 0 Å². The number of aromatic nitrogens is 1. The molecule has 2 rings (SSSR count). The Bertz CT molecular complexity index is 541. The Kier molecular flexibility index (Phi) is 4.06. The number of nitrogens with zero attached hydrogens (tertiary/aromatic N) is 1. The normalized spacial score (nSPS) is 12.8. The quantitative estimate of drug-likeness (QED) is 0.909. The Hall–Kier alpha value is -1.01. The van der Waals surface area contributed by atoms with Crippen LogP contribution in [-0.2, 0) is 10.8 Å². The van der Waals surface area contributed by atoms with E-state index in [1.54, 1.807) is 6.07 Å². The average Bonchev–Trinajstić information content (AvgIpc) is 2.70. The number of anilines is 1. The molecule has 1 N–H and O–H groups in total. The molecule has 1 heterocycles. The molecule has 0 saturated carbocycles. The fourth-order valence-electron chi connectivity index (χ4n) is 1.39. The van der Waals surface area contributed by atoms with Crippen LogP contribution >= 0.6 is 11.3 Å². The third-order valence-electron chi connectivity index (χ3n) is 2.28. The van der Waals surface area contributed by atoms with Gasteiger partial charge in [-0.15, -0.1) is 0 Å².